The van der Waals surface area contributed by atoms with E-state index < -0.39 is 0 Å². The maximum Gasteiger partial charge on any atom is 0.0791 e. The number of hydrogen-bond acceptors (Lipinski definition) is 4. The summed E-state index contributed by atoms with van der Waals surface area (Å²) in [5.41, 5.74) is 3.00. The number of hydrogen-bond donors (Lipinski definition) is 2. The van der Waals surface area contributed by atoms with Crippen LogP contribution in [-0.4, -0.2) is 30.4 Å². The summed E-state index contributed by atoms with van der Waals surface area (Å²) < 4.78 is 0. The first-order valence-corrected chi connectivity index (χ1v) is 2.23. The standard InChI is InChI=1S/C3H10N4/c1-6-3-7(4)2-5-6/h5H,2-4H2,1H3. The van der Waals surface area contributed by atoms with Crippen LogP contribution in [0.2, 0.25) is 0 Å². The van der Waals surface area contributed by atoms with Crippen LogP contribution in [-0.2, 0) is 0 Å². The van der Waals surface area contributed by atoms with Crippen LogP contribution in [0.5, 0.6) is 0 Å². The molecule has 0 radical (unpaired) electrons. The van der Waals surface area contributed by atoms with E-state index in [0.29, 0.717) is 0 Å². The van der Waals surface area contributed by atoms with Crippen molar-refractivity contribution in [2.24, 2.45) is 5.84 Å². The molecule has 0 aromatic rings. The van der Waals surface area contributed by atoms with Gasteiger partial charge in [0.2, 0.25) is 0 Å². The van der Waals surface area contributed by atoms with Crippen molar-refractivity contribution < 1.29 is 0 Å². The molecule has 3 N–H and O–H groups in total. The van der Waals surface area contributed by atoms with E-state index in [0.717, 1.165) is 13.3 Å². The second kappa shape index (κ2) is 1.75. The smallest absolute Gasteiger partial charge is 0.0791 e. The van der Waals surface area contributed by atoms with Crippen molar-refractivity contribution in [1.82, 2.24) is 15.4 Å². The van der Waals surface area contributed by atoms with Gasteiger partial charge in [-0.3, -0.25) is 5.84 Å². The summed E-state index contributed by atoms with van der Waals surface area (Å²) in [6.45, 7) is 1.57. The van der Waals surface area contributed by atoms with Crippen molar-refractivity contribution in [1.29, 1.82) is 0 Å². The van der Waals surface area contributed by atoms with E-state index in [1.165, 1.54) is 0 Å². The highest BCUT2D eigenvalue weighted by Gasteiger charge is 2.09. The lowest BCUT2D eigenvalue weighted by Gasteiger charge is -2.04. The summed E-state index contributed by atoms with van der Waals surface area (Å²) in [7, 11) is 1.95. The van der Waals surface area contributed by atoms with Crippen molar-refractivity contribution >= 4 is 0 Å². The first-order valence-electron chi connectivity index (χ1n) is 2.23. The topological polar surface area (TPSA) is 44.5 Å². The Morgan fingerprint density at radius 3 is 2.57 bits per heavy atom. The van der Waals surface area contributed by atoms with Gasteiger partial charge in [-0.2, -0.15) is 0 Å². The molecule has 0 spiro atoms. The average Bonchev–Trinajstić information content (AvgIpc) is 1.87. The molecule has 1 aliphatic heterocycles. The van der Waals surface area contributed by atoms with Crippen LogP contribution in [0.1, 0.15) is 0 Å². The number of nitrogens with zero attached hydrogens (tertiary/aromatic N) is 2. The van der Waals surface area contributed by atoms with Gasteiger partial charge in [-0.05, 0) is 0 Å². The predicted octanol–water partition coefficient (Wildman–Crippen LogP) is -1.47. The highest BCUT2D eigenvalue weighted by molar-refractivity contribution is 4.50. The van der Waals surface area contributed by atoms with E-state index in [-0.39, 0.29) is 0 Å². The number of nitrogens with one attached hydrogen (secondary N) is 1. The van der Waals surface area contributed by atoms with Crippen molar-refractivity contribution in [2.45, 2.75) is 0 Å². The Morgan fingerprint density at radius 1 is 1.71 bits per heavy atom. The summed E-state index contributed by atoms with van der Waals surface area (Å²) in [6.07, 6.45) is 0. The molecule has 0 bridgehead atoms. The molecule has 0 atom stereocenters. The van der Waals surface area contributed by atoms with Gasteiger partial charge in [0.1, 0.15) is 0 Å². The summed E-state index contributed by atoms with van der Waals surface area (Å²) in [5.74, 6) is 5.35. The van der Waals surface area contributed by atoms with E-state index in [9.17, 15) is 0 Å². The monoisotopic (exact) mass is 102 g/mol. The Balaban J connectivity index is 2.26. The zero-order valence-electron chi connectivity index (χ0n) is 4.39. The van der Waals surface area contributed by atoms with E-state index >= 15 is 0 Å². The first-order chi connectivity index (χ1) is 3.29. The Labute approximate surface area is 42.8 Å². The lowest BCUT2D eigenvalue weighted by Crippen LogP contribution is -2.29. The fourth-order valence-corrected chi connectivity index (χ4v) is 0.584. The molecular weight excluding hydrogens is 92.1 g/mol. The van der Waals surface area contributed by atoms with Crippen molar-refractivity contribution in [3.8, 4) is 0 Å². The zero-order chi connectivity index (χ0) is 5.28. The van der Waals surface area contributed by atoms with Gasteiger partial charge in [-0.25, -0.2) is 15.4 Å². The molecule has 4 heteroatoms. The summed E-state index contributed by atoms with van der Waals surface area (Å²) >= 11 is 0. The van der Waals surface area contributed by atoms with Gasteiger partial charge < -0.3 is 0 Å². The quantitative estimate of drug-likeness (QED) is 0.366. The van der Waals surface area contributed by atoms with Gasteiger partial charge in [0.15, 0.2) is 0 Å². The van der Waals surface area contributed by atoms with E-state index in [2.05, 4.69) is 5.43 Å². The SMILES string of the molecule is CN1CN(N)CN1. The first kappa shape index (κ1) is 4.99. The van der Waals surface area contributed by atoms with E-state index in [1.54, 1.807) is 5.01 Å². The van der Waals surface area contributed by atoms with Gasteiger partial charge in [0.05, 0.1) is 13.3 Å². The Morgan fingerprint density at radius 2 is 2.43 bits per heavy atom. The third-order valence-corrected chi connectivity index (χ3v) is 0.938. The number of hydrazine groups is 2. The minimum absolute atomic E-state index is 0.760. The van der Waals surface area contributed by atoms with Crippen LogP contribution < -0.4 is 11.3 Å². The lowest BCUT2D eigenvalue weighted by atomic mass is 11.0. The van der Waals surface area contributed by atoms with Crippen molar-refractivity contribution in [3.63, 3.8) is 0 Å². The molecule has 0 aliphatic carbocycles. The lowest BCUT2D eigenvalue weighted by molar-refractivity contribution is 0.264. The zero-order valence-corrected chi connectivity index (χ0v) is 4.39. The molecule has 1 heterocycles. The van der Waals surface area contributed by atoms with Crippen LogP contribution >= 0.6 is 0 Å². The third-order valence-electron chi connectivity index (χ3n) is 0.938. The third kappa shape index (κ3) is 1.10. The minimum Gasteiger partial charge on any atom is -0.266 e. The maximum absolute atomic E-state index is 5.35. The largest absolute Gasteiger partial charge is 0.266 e. The van der Waals surface area contributed by atoms with Crippen LogP contribution in [0.25, 0.3) is 0 Å². The average molecular weight is 102 g/mol. The number of rotatable bonds is 0. The van der Waals surface area contributed by atoms with Crippen LogP contribution in [0, 0.1) is 0 Å². The van der Waals surface area contributed by atoms with Gasteiger partial charge in [0, 0.05) is 7.05 Å². The Bertz CT molecular complexity index is 56.0. The highest BCUT2D eigenvalue weighted by Crippen LogP contribution is 1.85. The van der Waals surface area contributed by atoms with Crippen molar-refractivity contribution in [2.75, 3.05) is 20.4 Å². The molecule has 1 aliphatic rings. The van der Waals surface area contributed by atoms with Gasteiger partial charge >= 0.3 is 0 Å². The molecule has 4 nitrogen and oxygen atoms in total. The normalized spacial score (nSPS) is 26.6. The van der Waals surface area contributed by atoms with Crippen molar-refractivity contribution in [3.05, 3.63) is 0 Å². The molecule has 42 valence electrons. The number of nitrogens with two attached hydrogens (primary N) is 1. The van der Waals surface area contributed by atoms with Crippen LogP contribution in [0.4, 0.5) is 0 Å². The van der Waals surface area contributed by atoms with E-state index in [4.69, 9.17) is 5.84 Å². The maximum atomic E-state index is 5.35. The molecule has 7 heavy (non-hydrogen) atoms. The molecule has 1 fully saturated rings. The summed E-state index contributed by atoms with van der Waals surface area (Å²) in [6, 6.07) is 0. The molecule has 0 saturated carbocycles. The van der Waals surface area contributed by atoms with Gasteiger partial charge in [0.25, 0.3) is 0 Å². The molecule has 1 rings (SSSR count). The predicted molar refractivity (Wildman–Crippen MR) is 26.7 cm³/mol. The van der Waals surface area contributed by atoms with Crippen LogP contribution in [0.15, 0.2) is 0 Å². The fourth-order valence-electron chi connectivity index (χ4n) is 0.584. The van der Waals surface area contributed by atoms with Gasteiger partial charge in [-0.1, -0.05) is 0 Å². The van der Waals surface area contributed by atoms with E-state index in [1.807, 2.05) is 12.1 Å². The Hall–Kier alpha value is -0.160. The molecule has 0 aromatic heterocycles. The minimum atomic E-state index is 0.760. The Kier molecular flexibility index (Phi) is 1.25. The fraction of sp³-hybridized carbons (Fsp3) is 1.00. The molecule has 0 amide bonds. The van der Waals surface area contributed by atoms with Gasteiger partial charge in [-0.15, -0.1) is 0 Å². The molecule has 1 saturated heterocycles. The summed E-state index contributed by atoms with van der Waals surface area (Å²) in [5, 5.41) is 3.62. The van der Waals surface area contributed by atoms with Crippen LogP contribution in [0.3, 0.4) is 0 Å². The molecular formula is C3H10N4. The molecule has 0 unspecified atom stereocenters. The second-order valence-corrected chi connectivity index (χ2v) is 1.74. The second-order valence-electron chi connectivity index (χ2n) is 1.74. The molecule has 0 aromatic carbocycles. The summed E-state index contributed by atoms with van der Waals surface area (Å²) in [4.78, 5) is 0. The highest BCUT2D eigenvalue weighted by atomic mass is 15.7.